The molecule has 0 aromatic heterocycles. The van der Waals surface area contributed by atoms with Crippen molar-refractivity contribution in [3.05, 3.63) is 0 Å². The van der Waals surface area contributed by atoms with Gasteiger partial charge in [0.1, 0.15) is 0 Å². The number of hydrogen-bond donors (Lipinski definition) is 1. The maximum absolute atomic E-state index is 5.66. The summed E-state index contributed by atoms with van der Waals surface area (Å²) in [6, 6.07) is 0. The fraction of sp³-hybridized carbons (Fsp3) is 1.00. The van der Waals surface area contributed by atoms with Gasteiger partial charge in [0.15, 0.2) is 0 Å². The topological polar surface area (TPSA) is 26.0 Å². The molecule has 0 saturated heterocycles. The number of rotatable bonds is 3. The average Bonchev–Trinajstić information content (AvgIpc) is 2.02. The highest BCUT2D eigenvalue weighted by Crippen LogP contribution is 2.35. The third-order valence-corrected chi connectivity index (χ3v) is 3.41. The predicted molar refractivity (Wildman–Crippen MR) is 58.5 cm³/mol. The number of hydrogen-bond acceptors (Lipinski definition) is 1. The molecule has 1 rings (SSSR count). The largest absolute Gasteiger partial charge is 0.330 e. The van der Waals surface area contributed by atoms with Crippen LogP contribution in [0.1, 0.15) is 46.5 Å². The zero-order valence-electron chi connectivity index (χ0n) is 9.42. The van der Waals surface area contributed by atoms with E-state index in [0.29, 0.717) is 0 Å². The summed E-state index contributed by atoms with van der Waals surface area (Å²) in [5.41, 5.74) is 5.66. The van der Waals surface area contributed by atoms with Crippen LogP contribution in [0.25, 0.3) is 0 Å². The molecule has 13 heavy (non-hydrogen) atoms. The Bertz CT molecular complexity index is 134. The van der Waals surface area contributed by atoms with E-state index in [-0.39, 0.29) is 0 Å². The summed E-state index contributed by atoms with van der Waals surface area (Å²) in [6.07, 6.45) is 5.67. The van der Waals surface area contributed by atoms with E-state index in [2.05, 4.69) is 20.8 Å². The molecule has 0 radical (unpaired) electrons. The fourth-order valence-corrected chi connectivity index (χ4v) is 2.97. The normalized spacial score (nSPS) is 37.4. The Hall–Kier alpha value is -0.0400. The molecular formula is C12H25N. The van der Waals surface area contributed by atoms with Crippen LogP contribution in [0.4, 0.5) is 0 Å². The van der Waals surface area contributed by atoms with Crippen LogP contribution in [0.3, 0.4) is 0 Å². The third-order valence-electron chi connectivity index (χ3n) is 3.41. The molecule has 0 amide bonds. The van der Waals surface area contributed by atoms with E-state index < -0.39 is 0 Å². The minimum absolute atomic E-state index is 0.725. The minimum atomic E-state index is 0.725. The Balaban J connectivity index is 2.32. The molecule has 1 saturated carbocycles. The monoisotopic (exact) mass is 183 g/mol. The molecular weight excluding hydrogens is 158 g/mol. The first kappa shape index (κ1) is 11.0. The van der Waals surface area contributed by atoms with Crippen LogP contribution >= 0.6 is 0 Å². The second kappa shape index (κ2) is 4.99. The van der Waals surface area contributed by atoms with Crippen LogP contribution in [0, 0.1) is 23.7 Å². The average molecular weight is 183 g/mol. The van der Waals surface area contributed by atoms with E-state index in [1.807, 2.05) is 0 Å². The lowest BCUT2D eigenvalue weighted by atomic mass is 9.74. The summed E-state index contributed by atoms with van der Waals surface area (Å²) in [4.78, 5) is 0. The van der Waals surface area contributed by atoms with E-state index in [4.69, 9.17) is 5.73 Å². The first-order chi connectivity index (χ1) is 6.11. The van der Waals surface area contributed by atoms with Crippen molar-refractivity contribution in [2.45, 2.75) is 46.5 Å². The molecule has 78 valence electrons. The SMILES string of the molecule is CC(CN)CC1CC(C)CC(C)C1. The lowest BCUT2D eigenvalue weighted by Crippen LogP contribution is -2.23. The molecule has 1 fully saturated rings. The van der Waals surface area contributed by atoms with Gasteiger partial charge < -0.3 is 5.73 Å². The van der Waals surface area contributed by atoms with Crippen molar-refractivity contribution in [2.75, 3.05) is 6.54 Å². The molecule has 0 spiro atoms. The minimum Gasteiger partial charge on any atom is -0.330 e. The summed E-state index contributed by atoms with van der Waals surface area (Å²) >= 11 is 0. The van der Waals surface area contributed by atoms with Crippen molar-refractivity contribution in [2.24, 2.45) is 29.4 Å². The van der Waals surface area contributed by atoms with E-state index in [0.717, 1.165) is 30.2 Å². The van der Waals surface area contributed by atoms with E-state index in [1.165, 1.54) is 25.7 Å². The van der Waals surface area contributed by atoms with Gasteiger partial charge in [0.2, 0.25) is 0 Å². The molecule has 0 bridgehead atoms. The molecule has 0 aromatic rings. The van der Waals surface area contributed by atoms with Crippen molar-refractivity contribution in [3.8, 4) is 0 Å². The summed E-state index contributed by atoms with van der Waals surface area (Å²) in [7, 11) is 0. The highest BCUT2D eigenvalue weighted by atomic mass is 14.5. The smallest absolute Gasteiger partial charge is 0.00514 e. The molecule has 3 atom stereocenters. The van der Waals surface area contributed by atoms with Crippen molar-refractivity contribution >= 4 is 0 Å². The zero-order valence-corrected chi connectivity index (χ0v) is 9.42. The van der Waals surface area contributed by atoms with Gasteiger partial charge in [-0.2, -0.15) is 0 Å². The van der Waals surface area contributed by atoms with Gasteiger partial charge in [-0.15, -0.1) is 0 Å². The van der Waals surface area contributed by atoms with Gasteiger partial charge in [0.05, 0.1) is 0 Å². The Morgan fingerprint density at radius 3 is 2.15 bits per heavy atom. The lowest BCUT2D eigenvalue weighted by Gasteiger charge is -2.32. The molecule has 0 aromatic carbocycles. The Kier molecular flexibility index (Phi) is 4.24. The van der Waals surface area contributed by atoms with Crippen LogP contribution in [-0.2, 0) is 0 Å². The molecule has 1 heteroatoms. The molecule has 1 aliphatic rings. The van der Waals surface area contributed by atoms with Gasteiger partial charge in [-0.1, -0.05) is 20.8 Å². The Labute approximate surface area is 83.1 Å². The maximum Gasteiger partial charge on any atom is -0.00514 e. The van der Waals surface area contributed by atoms with Crippen molar-refractivity contribution in [1.82, 2.24) is 0 Å². The predicted octanol–water partition coefficient (Wildman–Crippen LogP) is 3.04. The summed E-state index contributed by atoms with van der Waals surface area (Å²) in [5.74, 6) is 3.57. The zero-order chi connectivity index (χ0) is 9.84. The fourth-order valence-electron chi connectivity index (χ4n) is 2.97. The van der Waals surface area contributed by atoms with Crippen LogP contribution in [0.2, 0.25) is 0 Å². The van der Waals surface area contributed by atoms with E-state index in [9.17, 15) is 0 Å². The molecule has 1 nitrogen and oxygen atoms in total. The number of nitrogens with two attached hydrogens (primary N) is 1. The Morgan fingerprint density at radius 2 is 1.69 bits per heavy atom. The van der Waals surface area contributed by atoms with Gasteiger partial charge in [-0.05, 0) is 55.9 Å². The molecule has 0 aliphatic heterocycles. The van der Waals surface area contributed by atoms with Crippen LogP contribution in [0.15, 0.2) is 0 Å². The van der Waals surface area contributed by atoms with Gasteiger partial charge >= 0.3 is 0 Å². The maximum atomic E-state index is 5.66. The van der Waals surface area contributed by atoms with Crippen LogP contribution in [-0.4, -0.2) is 6.54 Å². The molecule has 1 aliphatic carbocycles. The first-order valence-corrected chi connectivity index (χ1v) is 5.81. The lowest BCUT2D eigenvalue weighted by molar-refractivity contribution is 0.193. The Morgan fingerprint density at radius 1 is 1.15 bits per heavy atom. The summed E-state index contributed by atoms with van der Waals surface area (Å²) < 4.78 is 0. The highest BCUT2D eigenvalue weighted by molar-refractivity contribution is 4.76. The highest BCUT2D eigenvalue weighted by Gasteiger charge is 2.24. The van der Waals surface area contributed by atoms with E-state index >= 15 is 0 Å². The van der Waals surface area contributed by atoms with Gasteiger partial charge in [0.25, 0.3) is 0 Å². The molecule has 0 heterocycles. The second-order valence-corrected chi connectivity index (χ2v) is 5.36. The van der Waals surface area contributed by atoms with Crippen molar-refractivity contribution in [3.63, 3.8) is 0 Å². The second-order valence-electron chi connectivity index (χ2n) is 5.36. The van der Waals surface area contributed by atoms with Gasteiger partial charge in [0, 0.05) is 0 Å². The van der Waals surface area contributed by atoms with Crippen LogP contribution in [0.5, 0.6) is 0 Å². The molecule has 3 unspecified atom stereocenters. The molecule has 2 N–H and O–H groups in total. The van der Waals surface area contributed by atoms with Gasteiger partial charge in [-0.3, -0.25) is 0 Å². The first-order valence-electron chi connectivity index (χ1n) is 5.81. The quantitative estimate of drug-likeness (QED) is 0.715. The summed E-state index contributed by atoms with van der Waals surface area (Å²) in [5, 5.41) is 0. The van der Waals surface area contributed by atoms with Crippen molar-refractivity contribution < 1.29 is 0 Å². The van der Waals surface area contributed by atoms with Crippen LogP contribution < -0.4 is 5.73 Å². The third kappa shape index (κ3) is 3.68. The van der Waals surface area contributed by atoms with E-state index in [1.54, 1.807) is 0 Å². The standard InChI is InChI=1S/C12H25N/c1-9-4-10(2)6-12(5-9)7-11(3)8-13/h9-12H,4-8,13H2,1-3H3. The summed E-state index contributed by atoms with van der Waals surface area (Å²) in [6.45, 7) is 7.94. The van der Waals surface area contributed by atoms with Gasteiger partial charge in [-0.25, -0.2) is 0 Å². The van der Waals surface area contributed by atoms with Crippen molar-refractivity contribution in [1.29, 1.82) is 0 Å².